The van der Waals surface area contributed by atoms with Crippen molar-refractivity contribution in [1.29, 1.82) is 0 Å². The van der Waals surface area contributed by atoms with Crippen molar-refractivity contribution < 1.29 is 9.53 Å². The molecule has 88 valence electrons. The molecule has 0 aliphatic heterocycles. The Labute approximate surface area is 123 Å². The highest BCUT2D eigenvalue weighted by atomic mass is 127. The van der Waals surface area contributed by atoms with E-state index in [0.29, 0.717) is 5.56 Å². The molecular formula is C11H13I2NO2. The largest absolute Gasteiger partial charge is 0.495 e. The lowest BCUT2D eigenvalue weighted by Crippen LogP contribution is -2.30. The number of amides is 1. The number of halogens is 2. The van der Waals surface area contributed by atoms with Crippen LogP contribution in [-0.4, -0.2) is 19.1 Å². The van der Waals surface area contributed by atoms with E-state index < -0.39 is 0 Å². The molecule has 5 heteroatoms. The Balaban J connectivity index is 3.04. The van der Waals surface area contributed by atoms with Gasteiger partial charge in [-0.2, -0.15) is 0 Å². The normalized spacial score (nSPS) is 10.4. The number of carbonyl (C=O) groups excluding carboxylic acids is 1. The third-order valence-corrected chi connectivity index (χ3v) is 3.49. The van der Waals surface area contributed by atoms with Gasteiger partial charge in [-0.15, -0.1) is 0 Å². The molecule has 1 aromatic rings. The van der Waals surface area contributed by atoms with Crippen LogP contribution in [0.4, 0.5) is 0 Å². The number of rotatable bonds is 3. The number of hydrogen-bond donors (Lipinski definition) is 1. The van der Waals surface area contributed by atoms with Crippen LogP contribution < -0.4 is 10.1 Å². The second-order valence-electron chi connectivity index (χ2n) is 3.60. The van der Waals surface area contributed by atoms with Gasteiger partial charge in [-0.25, -0.2) is 0 Å². The first-order valence-electron chi connectivity index (χ1n) is 4.79. The minimum Gasteiger partial charge on any atom is -0.495 e. The molecule has 1 amide bonds. The minimum absolute atomic E-state index is 0.0477. The summed E-state index contributed by atoms with van der Waals surface area (Å²) < 4.78 is 7.14. The Morgan fingerprint density at radius 1 is 1.31 bits per heavy atom. The molecule has 3 nitrogen and oxygen atoms in total. The molecule has 0 fully saturated rings. The number of hydrogen-bond acceptors (Lipinski definition) is 2. The van der Waals surface area contributed by atoms with Crippen LogP contribution in [0.3, 0.4) is 0 Å². The van der Waals surface area contributed by atoms with E-state index in [1.807, 2.05) is 26.0 Å². The van der Waals surface area contributed by atoms with Gasteiger partial charge in [0.15, 0.2) is 0 Å². The lowest BCUT2D eigenvalue weighted by atomic mass is 10.2. The average Bonchev–Trinajstić information content (AvgIpc) is 2.16. The quantitative estimate of drug-likeness (QED) is 0.728. The van der Waals surface area contributed by atoms with E-state index in [0.717, 1.165) is 12.9 Å². The molecule has 1 aromatic carbocycles. The van der Waals surface area contributed by atoms with Gasteiger partial charge in [0.1, 0.15) is 5.75 Å². The Kier molecular flexibility index (Phi) is 5.29. The van der Waals surface area contributed by atoms with Crippen LogP contribution in [0, 0.1) is 7.14 Å². The topological polar surface area (TPSA) is 38.3 Å². The maximum Gasteiger partial charge on any atom is 0.251 e. The molecule has 0 radical (unpaired) electrons. The van der Waals surface area contributed by atoms with Gasteiger partial charge < -0.3 is 10.1 Å². The number of methoxy groups -OCH3 is 1. The molecule has 0 atom stereocenters. The Hall–Kier alpha value is -0.0500. The highest BCUT2D eigenvalue weighted by molar-refractivity contribution is 14.1. The summed E-state index contributed by atoms with van der Waals surface area (Å²) in [7, 11) is 1.63. The SMILES string of the molecule is COc1c(I)cc(C(=O)NC(C)C)cc1I. The van der Waals surface area contributed by atoms with Crippen molar-refractivity contribution >= 4 is 51.1 Å². The molecule has 0 spiro atoms. The van der Waals surface area contributed by atoms with E-state index in [-0.39, 0.29) is 11.9 Å². The van der Waals surface area contributed by atoms with Crippen molar-refractivity contribution in [2.24, 2.45) is 0 Å². The van der Waals surface area contributed by atoms with Crippen molar-refractivity contribution in [2.75, 3.05) is 7.11 Å². The molecule has 0 unspecified atom stereocenters. The number of benzene rings is 1. The fourth-order valence-corrected chi connectivity index (χ4v) is 3.44. The van der Waals surface area contributed by atoms with E-state index in [2.05, 4.69) is 50.5 Å². The van der Waals surface area contributed by atoms with Gasteiger partial charge in [-0.1, -0.05) is 0 Å². The van der Waals surface area contributed by atoms with Crippen LogP contribution in [0.15, 0.2) is 12.1 Å². The summed E-state index contributed by atoms with van der Waals surface area (Å²) >= 11 is 4.34. The average molecular weight is 445 g/mol. The lowest BCUT2D eigenvalue weighted by molar-refractivity contribution is 0.0943. The van der Waals surface area contributed by atoms with Gasteiger partial charge >= 0.3 is 0 Å². The molecule has 1 rings (SSSR count). The summed E-state index contributed by atoms with van der Waals surface area (Å²) in [6.45, 7) is 3.88. The molecule has 0 saturated heterocycles. The Bertz CT molecular complexity index is 382. The Morgan fingerprint density at radius 3 is 2.19 bits per heavy atom. The van der Waals surface area contributed by atoms with Crippen LogP contribution in [-0.2, 0) is 0 Å². The van der Waals surface area contributed by atoms with Crippen molar-refractivity contribution in [3.05, 3.63) is 24.8 Å². The van der Waals surface area contributed by atoms with Crippen LogP contribution in [0.5, 0.6) is 5.75 Å². The number of nitrogens with one attached hydrogen (secondary N) is 1. The fraction of sp³-hybridized carbons (Fsp3) is 0.364. The smallest absolute Gasteiger partial charge is 0.251 e. The lowest BCUT2D eigenvalue weighted by Gasteiger charge is -2.11. The molecule has 0 heterocycles. The predicted molar refractivity (Wildman–Crippen MR) is 81.0 cm³/mol. The van der Waals surface area contributed by atoms with Gasteiger partial charge in [0.2, 0.25) is 0 Å². The first-order valence-corrected chi connectivity index (χ1v) is 6.95. The maximum absolute atomic E-state index is 11.8. The van der Waals surface area contributed by atoms with Gasteiger partial charge in [-0.05, 0) is 71.2 Å². The molecule has 0 aliphatic carbocycles. The van der Waals surface area contributed by atoms with Crippen LogP contribution in [0.2, 0.25) is 0 Å². The maximum atomic E-state index is 11.8. The highest BCUT2D eigenvalue weighted by Gasteiger charge is 2.13. The molecule has 0 saturated carbocycles. The zero-order chi connectivity index (χ0) is 12.3. The van der Waals surface area contributed by atoms with Crippen molar-refractivity contribution in [3.63, 3.8) is 0 Å². The van der Waals surface area contributed by atoms with E-state index in [1.54, 1.807) is 7.11 Å². The second kappa shape index (κ2) is 6.04. The van der Waals surface area contributed by atoms with E-state index in [9.17, 15) is 4.79 Å². The molecule has 0 aromatic heterocycles. The van der Waals surface area contributed by atoms with E-state index >= 15 is 0 Å². The second-order valence-corrected chi connectivity index (χ2v) is 5.93. The van der Waals surface area contributed by atoms with Gasteiger partial charge in [0.05, 0.1) is 14.3 Å². The summed E-state index contributed by atoms with van der Waals surface area (Å²) in [5.74, 6) is 0.774. The van der Waals surface area contributed by atoms with Crippen molar-refractivity contribution in [3.8, 4) is 5.75 Å². The standard InChI is InChI=1S/C11H13I2NO2/c1-6(2)14-11(15)7-4-8(12)10(16-3)9(13)5-7/h4-6H,1-3H3,(H,14,15). The summed E-state index contributed by atoms with van der Waals surface area (Å²) in [5.41, 5.74) is 0.670. The van der Waals surface area contributed by atoms with E-state index in [1.165, 1.54) is 0 Å². The molecular weight excluding hydrogens is 432 g/mol. The molecule has 1 N–H and O–H groups in total. The summed E-state index contributed by atoms with van der Waals surface area (Å²) in [5, 5.41) is 2.86. The summed E-state index contributed by atoms with van der Waals surface area (Å²) in [6, 6.07) is 3.81. The Morgan fingerprint density at radius 2 is 1.81 bits per heavy atom. The first-order chi connectivity index (χ1) is 7.45. The van der Waals surface area contributed by atoms with E-state index in [4.69, 9.17) is 4.74 Å². The summed E-state index contributed by atoms with van der Waals surface area (Å²) in [4.78, 5) is 11.8. The molecule has 0 aliphatic rings. The monoisotopic (exact) mass is 445 g/mol. The predicted octanol–water partition coefficient (Wildman–Crippen LogP) is 3.04. The van der Waals surface area contributed by atoms with Crippen molar-refractivity contribution in [2.45, 2.75) is 19.9 Å². The molecule has 16 heavy (non-hydrogen) atoms. The van der Waals surface area contributed by atoms with Gasteiger partial charge in [-0.3, -0.25) is 4.79 Å². The summed E-state index contributed by atoms with van der Waals surface area (Å²) in [6.07, 6.45) is 0. The van der Waals surface area contributed by atoms with Crippen LogP contribution >= 0.6 is 45.2 Å². The van der Waals surface area contributed by atoms with Gasteiger partial charge in [0, 0.05) is 11.6 Å². The first kappa shape index (κ1) is 14.0. The minimum atomic E-state index is -0.0477. The zero-order valence-electron chi connectivity index (χ0n) is 9.30. The van der Waals surface area contributed by atoms with Crippen LogP contribution in [0.25, 0.3) is 0 Å². The third kappa shape index (κ3) is 3.47. The fourth-order valence-electron chi connectivity index (χ4n) is 1.23. The van der Waals surface area contributed by atoms with Crippen molar-refractivity contribution in [1.82, 2.24) is 5.32 Å². The van der Waals surface area contributed by atoms with Gasteiger partial charge in [0.25, 0.3) is 5.91 Å². The van der Waals surface area contributed by atoms with Crippen LogP contribution in [0.1, 0.15) is 24.2 Å². The highest BCUT2D eigenvalue weighted by Crippen LogP contribution is 2.28. The molecule has 0 bridgehead atoms. The number of ether oxygens (including phenoxy) is 1. The number of carbonyl (C=O) groups is 1. The zero-order valence-corrected chi connectivity index (χ0v) is 13.6. The third-order valence-electron chi connectivity index (χ3n) is 1.88.